The third-order valence-corrected chi connectivity index (χ3v) is 15.7. The summed E-state index contributed by atoms with van der Waals surface area (Å²) >= 11 is 0. The van der Waals surface area contributed by atoms with E-state index in [0.29, 0.717) is 11.4 Å². The molecule has 2 aromatic heterocycles. The number of fused-ring (bicyclic) bond motifs is 6. The summed E-state index contributed by atoms with van der Waals surface area (Å²) < 4.78 is 52.7. The zero-order valence-electron chi connectivity index (χ0n) is 44.7. The van der Waals surface area contributed by atoms with Crippen LogP contribution in [-0.2, 0) is 6.18 Å². The molecular formula is C71H53F3N4. The van der Waals surface area contributed by atoms with Gasteiger partial charge >= 0.3 is 6.18 Å². The molecule has 0 aliphatic heterocycles. The minimum absolute atomic E-state index is 0.160. The topological polar surface area (TPSA) is 38.0 Å². The molecule has 0 atom stereocenters. The molecule has 10 aromatic carbocycles. The molecule has 0 fully saturated rings. The third-order valence-electron chi connectivity index (χ3n) is 15.7. The van der Waals surface area contributed by atoms with Crippen molar-refractivity contribution >= 4 is 49.3 Å². The van der Waals surface area contributed by atoms with Crippen LogP contribution >= 0.6 is 0 Å². The van der Waals surface area contributed by atoms with E-state index in [1.54, 1.807) is 12.1 Å². The molecule has 0 aliphatic carbocycles. The van der Waals surface area contributed by atoms with Gasteiger partial charge in [0.05, 0.1) is 57.2 Å². The normalized spacial score (nSPS) is 11.8. The quantitative estimate of drug-likeness (QED) is 0.147. The Balaban J connectivity index is 1.30. The summed E-state index contributed by atoms with van der Waals surface area (Å²) in [7, 11) is 0. The first-order chi connectivity index (χ1) is 37.5. The van der Waals surface area contributed by atoms with Crippen LogP contribution in [0, 0.1) is 73.3 Å². The molecule has 0 aliphatic rings. The lowest BCUT2D eigenvalue weighted by molar-refractivity contribution is -0.137. The molecule has 2 heterocycles. The number of halogens is 3. The molecule has 0 bridgehead atoms. The average molecular weight is 1020 g/mol. The van der Waals surface area contributed by atoms with Gasteiger partial charge in [-0.15, -0.1) is 0 Å². The summed E-state index contributed by atoms with van der Waals surface area (Å²) in [5, 5.41) is 14.9. The Labute approximate surface area is 452 Å². The molecule has 7 heteroatoms. The number of aryl methyl sites for hydroxylation is 8. The van der Waals surface area contributed by atoms with E-state index in [0.717, 1.165) is 139 Å². The highest BCUT2D eigenvalue weighted by atomic mass is 19.4. The number of aromatic nitrogens is 2. The van der Waals surface area contributed by atoms with Crippen molar-refractivity contribution in [1.82, 2.24) is 9.13 Å². The van der Waals surface area contributed by atoms with Crippen molar-refractivity contribution in [2.45, 2.75) is 61.6 Å². The molecule has 12 aromatic rings. The Morgan fingerprint density at radius 3 is 1.03 bits per heavy atom. The lowest BCUT2D eigenvalue weighted by Gasteiger charge is -2.24. The van der Waals surface area contributed by atoms with Gasteiger partial charge in [-0.05, 0) is 159 Å². The summed E-state index contributed by atoms with van der Waals surface area (Å²) in [6.07, 6.45) is -4.89. The van der Waals surface area contributed by atoms with Gasteiger partial charge in [-0.3, -0.25) is 0 Å². The first kappa shape index (κ1) is 49.4. The van der Waals surface area contributed by atoms with Gasteiger partial charge < -0.3 is 9.13 Å². The van der Waals surface area contributed by atoms with E-state index in [1.807, 2.05) is 9.13 Å². The Morgan fingerprint density at radius 2 is 0.744 bits per heavy atom. The van der Waals surface area contributed by atoms with Crippen molar-refractivity contribution in [3.63, 3.8) is 0 Å². The zero-order chi connectivity index (χ0) is 54.5. The van der Waals surface area contributed by atoms with E-state index < -0.39 is 11.7 Å². The van der Waals surface area contributed by atoms with Gasteiger partial charge in [-0.2, -0.15) is 18.4 Å². The van der Waals surface area contributed by atoms with Crippen molar-refractivity contribution in [3.8, 4) is 73.1 Å². The molecule has 0 spiro atoms. The number of hydrogen-bond donors (Lipinski definition) is 0. The van der Waals surface area contributed by atoms with Crippen LogP contribution in [0.3, 0.4) is 0 Å². The monoisotopic (exact) mass is 1020 g/mol. The predicted molar refractivity (Wildman–Crippen MR) is 316 cm³/mol. The minimum atomic E-state index is -4.89. The SMILES string of the molecule is [C-]#[N+]c1cccc(C(F)(F)F)c1-c1c(-n2c3cc(-c4ccc(C)cc4C)ccc3c3ccc(-c4ccc(C)cc4C)cc32)cc(C#N)cc1-n1c2cc(-c3ccc(C)cc3C)ccc2c2ccc(-c3ccc(C)cc3C)cc21. The first-order valence-electron chi connectivity index (χ1n) is 26.1. The van der Waals surface area contributed by atoms with Gasteiger partial charge in [-0.1, -0.05) is 162 Å². The van der Waals surface area contributed by atoms with Crippen molar-refractivity contribution in [3.05, 3.63) is 243 Å². The molecule has 12 rings (SSSR count). The van der Waals surface area contributed by atoms with Crippen LogP contribution in [0.25, 0.3) is 115 Å². The molecule has 0 saturated carbocycles. The highest BCUT2D eigenvalue weighted by molar-refractivity contribution is 6.14. The van der Waals surface area contributed by atoms with Crippen LogP contribution in [0.1, 0.15) is 55.6 Å². The van der Waals surface area contributed by atoms with Crippen molar-refractivity contribution < 1.29 is 13.2 Å². The second kappa shape index (κ2) is 18.7. The van der Waals surface area contributed by atoms with Gasteiger partial charge in [-0.25, -0.2) is 4.85 Å². The van der Waals surface area contributed by atoms with Crippen LogP contribution in [0.5, 0.6) is 0 Å². The molecule has 0 amide bonds. The Morgan fingerprint density at radius 1 is 0.410 bits per heavy atom. The smallest absolute Gasteiger partial charge is 0.309 e. The number of nitrogens with zero attached hydrogens (tertiary/aromatic N) is 4. The summed E-state index contributed by atoms with van der Waals surface area (Å²) in [6.45, 7) is 25.3. The lowest BCUT2D eigenvalue weighted by atomic mass is 9.92. The van der Waals surface area contributed by atoms with Gasteiger partial charge in [0.15, 0.2) is 5.69 Å². The molecule has 378 valence electrons. The van der Waals surface area contributed by atoms with E-state index in [2.05, 4.69) is 212 Å². The highest BCUT2D eigenvalue weighted by Crippen LogP contribution is 2.51. The van der Waals surface area contributed by atoms with Crippen LogP contribution in [0.15, 0.2) is 176 Å². The summed E-state index contributed by atoms with van der Waals surface area (Å²) in [5.41, 5.74) is 19.2. The van der Waals surface area contributed by atoms with E-state index in [9.17, 15) is 5.26 Å². The van der Waals surface area contributed by atoms with Crippen molar-refractivity contribution in [2.24, 2.45) is 0 Å². The molecule has 0 saturated heterocycles. The van der Waals surface area contributed by atoms with Crippen LogP contribution in [0.2, 0.25) is 0 Å². The fourth-order valence-corrected chi connectivity index (χ4v) is 12.2. The van der Waals surface area contributed by atoms with Crippen molar-refractivity contribution in [1.29, 1.82) is 5.26 Å². The second-order valence-corrected chi connectivity index (χ2v) is 21.2. The summed E-state index contributed by atoms with van der Waals surface area (Å²) in [5.74, 6) is 0. The lowest BCUT2D eigenvalue weighted by Crippen LogP contribution is -2.11. The fourth-order valence-electron chi connectivity index (χ4n) is 12.2. The largest absolute Gasteiger partial charge is 0.415 e. The van der Waals surface area contributed by atoms with E-state index in [1.165, 1.54) is 12.1 Å². The maximum atomic E-state index is 16.2. The van der Waals surface area contributed by atoms with E-state index in [-0.39, 0.29) is 22.4 Å². The number of rotatable bonds is 7. The fraction of sp³-hybridized carbons (Fsp3) is 0.127. The van der Waals surface area contributed by atoms with Gasteiger partial charge in [0.2, 0.25) is 0 Å². The summed E-state index contributed by atoms with van der Waals surface area (Å²) in [4.78, 5) is 3.91. The maximum absolute atomic E-state index is 16.2. The second-order valence-electron chi connectivity index (χ2n) is 21.2. The van der Waals surface area contributed by atoms with Crippen molar-refractivity contribution in [2.75, 3.05) is 0 Å². The van der Waals surface area contributed by atoms with E-state index >= 15 is 13.2 Å². The van der Waals surface area contributed by atoms with Crippen LogP contribution < -0.4 is 0 Å². The van der Waals surface area contributed by atoms with Gasteiger partial charge in [0.1, 0.15) is 0 Å². The number of benzene rings is 10. The zero-order valence-corrected chi connectivity index (χ0v) is 44.7. The molecular weight excluding hydrogens is 966 g/mol. The molecule has 4 nitrogen and oxygen atoms in total. The standard InChI is InChI=1S/C71H53F3N4/c1-40-13-21-53(44(5)29-40)49-17-25-57-58-26-18-50(54-22-14-41(2)30-45(54)6)36-64(58)77(63(57)35-49)67-33-48(39-75)34-68(70(67)69-61(71(72,73)74)11-10-12-62(69)76-9)78-65-37-51(55-23-15-42(3)31-46(55)7)19-27-59(65)60-28-20-52(38-66(60)78)56-24-16-43(4)32-47(56)8/h10-38H,1-8H3. The maximum Gasteiger partial charge on any atom is 0.415 e. The first-order valence-corrected chi connectivity index (χ1v) is 26.1. The number of alkyl halides is 3. The molecule has 78 heavy (non-hydrogen) atoms. The number of nitriles is 1. The Kier molecular flexibility index (Phi) is 11.8. The van der Waals surface area contributed by atoms with Crippen LogP contribution in [0.4, 0.5) is 18.9 Å². The van der Waals surface area contributed by atoms with Crippen LogP contribution in [-0.4, -0.2) is 9.13 Å². The Hall–Kier alpha value is -9.43. The number of hydrogen-bond acceptors (Lipinski definition) is 1. The predicted octanol–water partition coefficient (Wildman–Crippen LogP) is 20.1. The highest BCUT2D eigenvalue weighted by Gasteiger charge is 2.37. The van der Waals surface area contributed by atoms with Gasteiger partial charge in [0.25, 0.3) is 0 Å². The van der Waals surface area contributed by atoms with Gasteiger partial charge in [0, 0.05) is 32.7 Å². The summed E-state index contributed by atoms with van der Waals surface area (Å²) in [6, 6.07) is 60.4. The molecule has 0 radical (unpaired) electrons. The third kappa shape index (κ3) is 8.22. The Bertz CT molecular complexity index is 4140. The molecule has 0 N–H and O–H groups in total. The molecule has 0 unspecified atom stereocenters. The minimum Gasteiger partial charge on any atom is -0.309 e. The average Bonchev–Trinajstić information content (AvgIpc) is 4.03. The van der Waals surface area contributed by atoms with E-state index in [4.69, 9.17) is 6.57 Å².